The smallest absolute Gasteiger partial charge is 0.191 e. The van der Waals surface area contributed by atoms with Crippen molar-refractivity contribution in [1.82, 2.24) is 25.3 Å². The van der Waals surface area contributed by atoms with Gasteiger partial charge in [-0.1, -0.05) is 17.7 Å². The molecular formula is C20H28ClFN6. The van der Waals surface area contributed by atoms with Gasteiger partial charge in [-0.2, -0.15) is 5.10 Å². The second kappa shape index (κ2) is 9.89. The Morgan fingerprint density at radius 1 is 1.29 bits per heavy atom. The Bertz CT molecular complexity index is 779. The molecule has 0 spiro atoms. The number of hydrogen-bond acceptors (Lipinski definition) is 3. The third-order valence-electron chi connectivity index (χ3n) is 5.04. The Morgan fingerprint density at radius 3 is 2.71 bits per heavy atom. The topological polar surface area (TPSA) is 57.5 Å². The van der Waals surface area contributed by atoms with Gasteiger partial charge in [-0.3, -0.25) is 9.58 Å². The van der Waals surface area contributed by atoms with Gasteiger partial charge in [-0.15, -0.1) is 0 Å². The van der Waals surface area contributed by atoms with E-state index in [0.29, 0.717) is 29.6 Å². The summed E-state index contributed by atoms with van der Waals surface area (Å²) < 4.78 is 16.4. The molecule has 1 aliphatic rings. The van der Waals surface area contributed by atoms with E-state index in [-0.39, 0.29) is 11.9 Å². The molecule has 1 atom stereocenters. The Hall–Kier alpha value is -2.12. The van der Waals surface area contributed by atoms with Gasteiger partial charge in [0.1, 0.15) is 5.82 Å². The molecule has 1 aliphatic heterocycles. The Kier molecular flexibility index (Phi) is 7.28. The molecule has 6 nitrogen and oxygen atoms in total. The molecule has 0 amide bonds. The van der Waals surface area contributed by atoms with Crippen molar-refractivity contribution in [2.45, 2.75) is 32.4 Å². The monoisotopic (exact) mass is 406 g/mol. The van der Waals surface area contributed by atoms with Crippen LogP contribution in [0.25, 0.3) is 0 Å². The van der Waals surface area contributed by atoms with E-state index in [4.69, 9.17) is 11.6 Å². The van der Waals surface area contributed by atoms with E-state index in [1.807, 2.05) is 20.0 Å². The minimum Gasteiger partial charge on any atom is -0.357 e. The molecule has 2 N–H and O–H groups in total. The average Bonchev–Trinajstić information content (AvgIpc) is 3.34. The van der Waals surface area contributed by atoms with Crippen LogP contribution < -0.4 is 10.6 Å². The van der Waals surface area contributed by atoms with Gasteiger partial charge in [0.15, 0.2) is 5.96 Å². The summed E-state index contributed by atoms with van der Waals surface area (Å²) in [7, 11) is 1.90. The Labute approximate surface area is 170 Å². The number of nitrogens with one attached hydrogen (secondary N) is 2. The summed E-state index contributed by atoms with van der Waals surface area (Å²) >= 11 is 6.38. The number of aryl methyl sites for hydroxylation is 1. The van der Waals surface area contributed by atoms with E-state index in [1.165, 1.54) is 6.07 Å². The Morgan fingerprint density at radius 2 is 2.07 bits per heavy atom. The summed E-state index contributed by atoms with van der Waals surface area (Å²) in [6.07, 6.45) is 4.00. The predicted molar refractivity (Wildman–Crippen MR) is 111 cm³/mol. The highest BCUT2D eigenvalue weighted by Gasteiger charge is 2.27. The van der Waals surface area contributed by atoms with Crippen molar-refractivity contribution in [2.24, 2.45) is 12.0 Å². The van der Waals surface area contributed by atoms with Crippen molar-refractivity contribution in [3.05, 3.63) is 52.6 Å². The molecule has 0 saturated carbocycles. The number of halogens is 2. The molecule has 0 radical (unpaired) electrons. The van der Waals surface area contributed by atoms with Crippen LogP contribution in [0.3, 0.4) is 0 Å². The normalized spacial score (nSPS) is 16.4. The van der Waals surface area contributed by atoms with Gasteiger partial charge in [-0.05, 0) is 51.1 Å². The maximum atomic E-state index is 14.6. The second-order valence-electron chi connectivity index (χ2n) is 6.92. The zero-order chi connectivity index (χ0) is 19.9. The minimum absolute atomic E-state index is 0.142. The molecule has 152 valence electrons. The van der Waals surface area contributed by atoms with E-state index in [2.05, 4.69) is 25.6 Å². The zero-order valence-electron chi connectivity index (χ0n) is 16.5. The molecule has 0 aliphatic carbocycles. The lowest BCUT2D eigenvalue weighted by Gasteiger charge is -2.29. The van der Waals surface area contributed by atoms with Crippen molar-refractivity contribution in [3.63, 3.8) is 0 Å². The summed E-state index contributed by atoms with van der Waals surface area (Å²) in [6, 6.07) is 6.68. The van der Waals surface area contributed by atoms with Gasteiger partial charge < -0.3 is 10.6 Å². The summed E-state index contributed by atoms with van der Waals surface area (Å²) in [4.78, 5) is 6.94. The number of hydrogen-bond donors (Lipinski definition) is 2. The summed E-state index contributed by atoms with van der Waals surface area (Å²) in [5.74, 6) is 0.434. The second-order valence-corrected chi connectivity index (χ2v) is 7.32. The van der Waals surface area contributed by atoms with Gasteiger partial charge in [0.25, 0.3) is 0 Å². The number of aromatic nitrogens is 2. The van der Waals surface area contributed by atoms with Gasteiger partial charge in [0.05, 0.1) is 18.3 Å². The lowest BCUT2D eigenvalue weighted by atomic mass is 10.0. The van der Waals surface area contributed by atoms with Crippen LogP contribution in [0.1, 0.15) is 37.1 Å². The van der Waals surface area contributed by atoms with Crippen LogP contribution in [0.4, 0.5) is 4.39 Å². The van der Waals surface area contributed by atoms with E-state index in [9.17, 15) is 4.39 Å². The fourth-order valence-corrected chi connectivity index (χ4v) is 3.84. The van der Waals surface area contributed by atoms with E-state index in [1.54, 1.807) is 23.0 Å². The summed E-state index contributed by atoms with van der Waals surface area (Å²) in [6.45, 7) is 5.69. The molecule has 2 aromatic rings. The number of guanidine groups is 1. The quantitative estimate of drug-likeness (QED) is 0.548. The fourth-order valence-electron chi connectivity index (χ4n) is 3.55. The number of rotatable bonds is 7. The lowest BCUT2D eigenvalue weighted by Crippen LogP contribution is -2.43. The molecule has 8 heteroatoms. The van der Waals surface area contributed by atoms with E-state index in [0.717, 1.165) is 38.2 Å². The van der Waals surface area contributed by atoms with Crippen molar-refractivity contribution in [3.8, 4) is 0 Å². The highest BCUT2D eigenvalue weighted by Crippen LogP contribution is 2.31. The molecule has 1 saturated heterocycles. The van der Waals surface area contributed by atoms with Crippen LogP contribution in [-0.4, -0.2) is 46.8 Å². The van der Waals surface area contributed by atoms with Crippen LogP contribution in [0.15, 0.2) is 35.5 Å². The average molecular weight is 407 g/mol. The van der Waals surface area contributed by atoms with E-state index < -0.39 is 0 Å². The summed E-state index contributed by atoms with van der Waals surface area (Å²) in [5, 5.41) is 11.3. The first-order valence-corrected chi connectivity index (χ1v) is 10.1. The molecular weight excluding hydrogens is 379 g/mol. The molecule has 3 rings (SSSR count). The van der Waals surface area contributed by atoms with Crippen molar-refractivity contribution in [1.29, 1.82) is 0 Å². The van der Waals surface area contributed by atoms with Gasteiger partial charge in [-0.25, -0.2) is 9.38 Å². The van der Waals surface area contributed by atoms with Crippen LogP contribution >= 0.6 is 11.6 Å². The molecule has 1 fully saturated rings. The van der Waals surface area contributed by atoms with Crippen molar-refractivity contribution >= 4 is 17.6 Å². The number of nitrogens with zero attached hydrogens (tertiary/aromatic N) is 4. The largest absolute Gasteiger partial charge is 0.357 e. The molecule has 1 unspecified atom stereocenters. The molecule has 0 bridgehead atoms. The van der Waals surface area contributed by atoms with Crippen LogP contribution in [0.2, 0.25) is 5.02 Å². The predicted octanol–water partition coefficient (Wildman–Crippen LogP) is 3.10. The minimum atomic E-state index is -0.261. The molecule has 28 heavy (non-hydrogen) atoms. The van der Waals surface area contributed by atoms with Crippen LogP contribution in [0, 0.1) is 5.82 Å². The van der Waals surface area contributed by atoms with Gasteiger partial charge in [0.2, 0.25) is 0 Å². The maximum Gasteiger partial charge on any atom is 0.191 e. The summed E-state index contributed by atoms with van der Waals surface area (Å²) in [5.41, 5.74) is 1.58. The SMILES string of the molecule is CCNC(=NCc1ccnn1C)NCC(c1c(F)cccc1Cl)N1CCCC1. The first-order valence-electron chi connectivity index (χ1n) is 9.77. The number of benzene rings is 1. The van der Waals surface area contributed by atoms with Crippen LogP contribution in [0.5, 0.6) is 0 Å². The first kappa shape index (κ1) is 20.6. The third-order valence-corrected chi connectivity index (χ3v) is 5.37. The maximum absolute atomic E-state index is 14.6. The highest BCUT2D eigenvalue weighted by atomic mass is 35.5. The number of likely N-dealkylation sites (tertiary alicyclic amines) is 1. The zero-order valence-corrected chi connectivity index (χ0v) is 17.2. The molecule has 1 aromatic carbocycles. The standard InChI is InChI=1S/C20H28ClFN6/c1-3-23-20(24-13-15-9-10-26-27(15)2)25-14-18(28-11-4-5-12-28)19-16(21)7-6-8-17(19)22/h6-10,18H,3-5,11-14H2,1-2H3,(H2,23,24,25). The van der Waals surface area contributed by atoms with Crippen molar-refractivity contribution < 1.29 is 4.39 Å². The van der Waals surface area contributed by atoms with Gasteiger partial charge >= 0.3 is 0 Å². The lowest BCUT2D eigenvalue weighted by molar-refractivity contribution is 0.240. The first-order chi connectivity index (χ1) is 13.6. The van der Waals surface area contributed by atoms with Crippen molar-refractivity contribution in [2.75, 3.05) is 26.2 Å². The number of aliphatic imine (C=N–C) groups is 1. The van der Waals surface area contributed by atoms with Gasteiger partial charge in [0, 0.05) is 36.9 Å². The van der Waals surface area contributed by atoms with E-state index >= 15 is 0 Å². The molecule has 2 heterocycles. The van der Waals surface area contributed by atoms with Crippen LogP contribution in [-0.2, 0) is 13.6 Å². The third kappa shape index (κ3) is 5.02. The Balaban J connectivity index is 1.76. The fraction of sp³-hybridized carbons (Fsp3) is 0.500. The highest BCUT2D eigenvalue weighted by molar-refractivity contribution is 6.31. The molecule has 1 aromatic heterocycles.